The quantitative estimate of drug-likeness (QED) is 0.324. The fourth-order valence-corrected chi connectivity index (χ4v) is 4.77. The fraction of sp³-hybridized carbons (Fsp3) is 0.261. The van der Waals surface area contributed by atoms with E-state index >= 15 is 0 Å². The minimum atomic E-state index is 0. The highest BCUT2D eigenvalue weighted by Crippen LogP contribution is 2.38. The first-order chi connectivity index (χ1) is 15.0. The van der Waals surface area contributed by atoms with E-state index < -0.39 is 0 Å². The summed E-state index contributed by atoms with van der Waals surface area (Å²) >= 11 is 7.82. The van der Waals surface area contributed by atoms with Crippen molar-refractivity contribution >= 4 is 56.6 Å². The van der Waals surface area contributed by atoms with Gasteiger partial charge in [0.1, 0.15) is 11.3 Å². The van der Waals surface area contributed by atoms with Crippen LogP contribution in [-0.2, 0) is 17.8 Å². The van der Waals surface area contributed by atoms with Crippen LogP contribution in [-0.4, -0.2) is 34.1 Å². The molecule has 2 aromatic heterocycles. The maximum atomic E-state index is 13.3. The number of hydrogen-bond acceptors (Lipinski definition) is 5. The summed E-state index contributed by atoms with van der Waals surface area (Å²) in [7, 11) is 1.60. The number of imidazole rings is 1. The van der Waals surface area contributed by atoms with Crippen LogP contribution in [0.3, 0.4) is 0 Å². The molecule has 4 aromatic rings. The summed E-state index contributed by atoms with van der Waals surface area (Å²) in [4.78, 5) is 23.9. The number of carbonyl (C=O) groups is 1. The lowest BCUT2D eigenvalue weighted by molar-refractivity contribution is -0.118. The van der Waals surface area contributed by atoms with Gasteiger partial charge >= 0.3 is 0 Å². The van der Waals surface area contributed by atoms with Crippen molar-refractivity contribution in [2.75, 3.05) is 18.6 Å². The van der Waals surface area contributed by atoms with Gasteiger partial charge in [-0.2, -0.15) is 0 Å². The molecular formula is C23H24Cl2N4O2S. The molecular weight excluding hydrogens is 467 g/mol. The largest absolute Gasteiger partial charge is 0.494 e. The molecule has 0 bridgehead atoms. The van der Waals surface area contributed by atoms with Crippen molar-refractivity contribution in [1.82, 2.24) is 14.5 Å². The molecule has 0 N–H and O–H groups in total. The Hall–Kier alpha value is -2.61. The molecule has 0 radical (unpaired) electrons. The predicted octanol–water partition coefficient (Wildman–Crippen LogP) is 5.55. The Balaban J connectivity index is 0.00000289. The Morgan fingerprint density at radius 2 is 2.12 bits per heavy atom. The SMILES string of the molecule is COc1ccc(Cl)c2sc(N(CCCn3ccnc3)C(=O)Cc3cccc(C)c3)nc12.Cl. The van der Waals surface area contributed by atoms with Gasteiger partial charge in [-0.15, -0.1) is 12.4 Å². The molecule has 168 valence electrons. The molecule has 2 heterocycles. The Kier molecular flexibility index (Phi) is 8.12. The van der Waals surface area contributed by atoms with E-state index in [-0.39, 0.29) is 18.3 Å². The third-order valence-electron chi connectivity index (χ3n) is 4.99. The first-order valence-corrected chi connectivity index (χ1v) is 11.2. The molecule has 0 aliphatic heterocycles. The number of anilines is 1. The van der Waals surface area contributed by atoms with E-state index in [0.29, 0.717) is 34.4 Å². The van der Waals surface area contributed by atoms with Crippen LogP contribution in [0.5, 0.6) is 5.75 Å². The van der Waals surface area contributed by atoms with Crippen molar-refractivity contribution in [1.29, 1.82) is 0 Å². The van der Waals surface area contributed by atoms with E-state index in [4.69, 9.17) is 21.3 Å². The summed E-state index contributed by atoms with van der Waals surface area (Å²) in [6.45, 7) is 3.34. The van der Waals surface area contributed by atoms with Crippen LogP contribution in [0.4, 0.5) is 5.13 Å². The standard InChI is InChI=1S/C23H23ClN4O2S.ClH/c1-16-5-3-6-17(13-16)14-20(29)28(11-4-10-27-12-9-25-15-27)23-26-21-19(30-2)8-7-18(24)22(21)31-23;/h3,5-9,12-13,15H,4,10-11,14H2,1-2H3;1H. The normalized spacial score (nSPS) is 10.7. The molecule has 32 heavy (non-hydrogen) atoms. The molecule has 6 nitrogen and oxygen atoms in total. The summed E-state index contributed by atoms with van der Waals surface area (Å²) in [6, 6.07) is 11.6. The van der Waals surface area contributed by atoms with Crippen molar-refractivity contribution in [2.24, 2.45) is 0 Å². The molecule has 0 saturated carbocycles. The zero-order valence-corrected chi connectivity index (χ0v) is 20.2. The second kappa shape index (κ2) is 10.8. The minimum Gasteiger partial charge on any atom is -0.494 e. The van der Waals surface area contributed by atoms with Crippen LogP contribution in [0, 0.1) is 6.92 Å². The van der Waals surface area contributed by atoms with Crippen LogP contribution in [0.25, 0.3) is 10.2 Å². The highest BCUT2D eigenvalue weighted by atomic mass is 35.5. The summed E-state index contributed by atoms with van der Waals surface area (Å²) in [5.41, 5.74) is 2.80. The number of fused-ring (bicyclic) bond motifs is 1. The zero-order valence-electron chi connectivity index (χ0n) is 17.8. The summed E-state index contributed by atoms with van der Waals surface area (Å²) < 4.78 is 8.27. The van der Waals surface area contributed by atoms with Crippen LogP contribution in [0.1, 0.15) is 17.5 Å². The van der Waals surface area contributed by atoms with Crippen molar-refractivity contribution in [3.63, 3.8) is 0 Å². The van der Waals surface area contributed by atoms with E-state index in [9.17, 15) is 4.79 Å². The van der Waals surface area contributed by atoms with Crippen molar-refractivity contribution < 1.29 is 9.53 Å². The number of carbonyl (C=O) groups excluding carboxylic acids is 1. The van der Waals surface area contributed by atoms with E-state index in [1.165, 1.54) is 11.3 Å². The maximum Gasteiger partial charge on any atom is 0.233 e. The van der Waals surface area contributed by atoms with Gasteiger partial charge in [-0.25, -0.2) is 9.97 Å². The fourth-order valence-electron chi connectivity index (χ4n) is 3.47. The monoisotopic (exact) mass is 490 g/mol. The lowest BCUT2D eigenvalue weighted by Crippen LogP contribution is -2.33. The van der Waals surface area contributed by atoms with E-state index in [1.807, 2.05) is 42.0 Å². The lowest BCUT2D eigenvalue weighted by atomic mass is 10.1. The van der Waals surface area contributed by atoms with Gasteiger partial charge in [0, 0.05) is 25.5 Å². The Labute approximate surface area is 202 Å². The molecule has 0 fully saturated rings. The molecule has 4 rings (SSSR count). The van der Waals surface area contributed by atoms with Crippen LogP contribution in [0.2, 0.25) is 5.02 Å². The van der Waals surface area contributed by atoms with Gasteiger partial charge in [0.2, 0.25) is 5.91 Å². The number of amides is 1. The number of rotatable bonds is 8. The van der Waals surface area contributed by atoms with Gasteiger partial charge in [0.05, 0.1) is 29.6 Å². The van der Waals surface area contributed by atoms with Crippen LogP contribution < -0.4 is 9.64 Å². The van der Waals surface area contributed by atoms with Crippen LogP contribution >= 0.6 is 35.3 Å². The Bertz CT molecular complexity index is 1190. The zero-order chi connectivity index (χ0) is 21.8. The van der Waals surface area contributed by atoms with Gasteiger partial charge in [-0.3, -0.25) is 9.69 Å². The molecule has 0 saturated heterocycles. The molecule has 0 unspecified atom stereocenters. The van der Waals surface area contributed by atoms with Crippen molar-refractivity contribution in [3.8, 4) is 5.75 Å². The highest BCUT2D eigenvalue weighted by Gasteiger charge is 2.22. The number of halogens is 2. The molecule has 0 aliphatic carbocycles. The van der Waals surface area contributed by atoms with E-state index in [2.05, 4.69) is 4.98 Å². The average Bonchev–Trinajstić information content (AvgIpc) is 3.42. The topological polar surface area (TPSA) is 60.2 Å². The first kappa shape index (κ1) is 24.0. The average molecular weight is 491 g/mol. The Morgan fingerprint density at radius 3 is 2.84 bits per heavy atom. The smallest absolute Gasteiger partial charge is 0.233 e. The van der Waals surface area contributed by atoms with Gasteiger partial charge in [-0.1, -0.05) is 52.8 Å². The number of benzene rings is 2. The summed E-state index contributed by atoms with van der Waals surface area (Å²) in [5.74, 6) is 0.650. The Morgan fingerprint density at radius 1 is 1.28 bits per heavy atom. The van der Waals surface area contributed by atoms with Crippen LogP contribution in [0.15, 0.2) is 55.1 Å². The summed E-state index contributed by atoms with van der Waals surface area (Å²) in [6.07, 6.45) is 6.54. The number of nitrogens with zero attached hydrogens (tertiary/aromatic N) is 4. The third-order valence-corrected chi connectivity index (χ3v) is 6.53. The van der Waals surface area contributed by atoms with Gasteiger partial charge in [-0.05, 0) is 31.0 Å². The van der Waals surface area contributed by atoms with E-state index in [1.54, 1.807) is 36.7 Å². The minimum absolute atomic E-state index is 0. The molecule has 0 atom stereocenters. The molecule has 0 aliphatic rings. The maximum absolute atomic E-state index is 13.3. The number of methoxy groups -OCH3 is 1. The van der Waals surface area contributed by atoms with Crippen molar-refractivity contribution in [2.45, 2.75) is 26.3 Å². The number of aryl methyl sites for hydroxylation is 2. The highest BCUT2D eigenvalue weighted by molar-refractivity contribution is 7.23. The number of thiazole rings is 1. The molecule has 0 spiro atoms. The van der Waals surface area contributed by atoms with Gasteiger partial charge < -0.3 is 9.30 Å². The number of ether oxygens (including phenoxy) is 1. The van der Waals surface area contributed by atoms with Gasteiger partial charge in [0.15, 0.2) is 5.13 Å². The second-order valence-electron chi connectivity index (χ2n) is 7.29. The van der Waals surface area contributed by atoms with Gasteiger partial charge in [0.25, 0.3) is 0 Å². The molecule has 9 heteroatoms. The molecule has 1 amide bonds. The van der Waals surface area contributed by atoms with Crippen molar-refractivity contribution in [3.05, 3.63) is 71.3 Å². The summed E-state index contributed by atoms with van der Waals surface area (Å²) in [5, 5.41) is 1.23. The van der Waals surface area contributed by atoms with E-state index in [0.717, 1.165) is 28.8 Å². The third kappa shape index (κ3) is 5.41. The molecule has 2 aromatic carbocycles. The first-order valence-electron chi connectivity index (χ1n) is 10.00. The second-order valence-corrected chi connectivity index (χ2v) is 8.67. The predicted molar refractivity (Wildman–Crippen MR) is 133 cm³/mol. The number of aromatic nitrogens is 3. The lowest BCUT2D eigenvalue weighted by Gasteiger charge is -2.20. The number of hydrogen-bond donors (Lipinski definition) is 0.